The summed E-state index contributed by atoms with van der Waals surface area (Å²) in [5, 5.41) is 12.4. The number of hydrogen-bond donors (Lipinski definition) is 2. The molecule has 2 N–H and O–H groups in total. The molecule has 0 saturated carbocycles. The lowest BCUT2D eigenvalue weighted by Gasteiger charge is -2.28. The second-order valence-corrected chi connectivity index (χ2v) is 5.37. The molecule has 0 saturated heterocycles. The molecule has 0 aromatic heterocycles. The number of ether oxygens (including phenoxy) is 1. The van der Waals surface area contributed by atoms with Crippen LogP contribution in [0.3, 0.4) is 0 Å². The number of rotatable bonds is 7. The minimum absolute atomic E-state index is 0.00308. The first-order chi connectivity index (χ1) is 9.95. The monoisotopic (exact) mass is 294 g/mol. The molecule has 0 radical (unpaired) electrons. The number of urea groups is 1. The van der Waals surface area contributed by atoms with Crippen molar-refractivity contribution >= 4 is 11.7 Å². The molecule has 118 valence electrons. The van der Waals surface area contributed by atoms with E-state index in [1.54, 1.807) is 11.8 Å². The summed E-state index contributed by atoms with van der Waals surface area (Å²) in [6.45, 7) is 8.43. The van der Waals surface area contributed by atoms with E-state index >= 15 is 0 Å². The van der Waals surface area contributed by atoms with Gasteiger partial charge in [0.25, 0.3) is 0 Å². The van der Waals surface area contributed by atoms with Gasteiger partial charge >= 0.3 is 6.03 Å². The van der Waals surface area contributed by atoms with Gasteiger partial charge in [0.1, 0.15) is 5.75 Å². The van der Waals surface area contributed by atoms with Gasteiger partial charge in [-0.25, -0.2) is 4.79 Å². The fourth-order valence-electron chi connectivity index (χ4n) is 1.91. The maximum Gasteiger partial charge on any atom is 0.322 e. The van der Waals surface area contributed by atoms with Gasteiger partial charge in [-0.15, -0.1) is 0 Å². The summed E-state index contributed by atoms with van der Waals surface area (Å²) in [6.07, 6.45) is 0.340. The molecule has 1 aromatic rings. The number of carbonyl (C=O) groups is 1. The molecule has 0 heterocycles. The maximum absolute atomic E-state index is 12.4. The summed E-state index contributed by atoms with van der Waals surface area (Å²) < 4.78 is 5.63. The molecule has 0 spiro atoms. The third kappa shape index (κ3) is 5.63. The lowest BCUT2D eigenvalue weighted by atomic mass is 10.2. The highest BCUT2D eigenvalue weighted by atomic mass is 16.5. The standard InChI is InChI=1S/C16H26N2O3/c1-5-10-21-15-9-7-6-8-14(15)17-16(20)18(12(2)3)11-13(4)19/h6-9,12-13,19H,5,10-11H2,1-4H3,(H,17,20). The molecule has 0 aliphatic carbocycles. The number of anilines is 1. The Kier molecular flexibility index (Phi) is 7.02. The third-order valence-corrected chi connectivity index (χ3v) is 2.94. The van der Waals surface area contributed by atoms with Gasteiger partial charge in [0.2, 0.25) is 0 Å². The van der Waals surface area contributed by atoms with Gasteiger partial charge < -0.3 is 20.1 Å². The Morgan fingerprint density at radius 1 is 1.33 bits per heavy atom. The van der Waals surface area contributed by atoms with Gasteiger partial charge in [-0.2, -0.15) is 0 Å². The Labute approximate surface area is 126 Å². The molecule has 0 aliphatic heterocycles. The number of carbonyl (C=O) groups excluding carboxylic acids is 1. The predicted molar refractivity (Wildman–Crippen MR) is 84.8 cm³/mol. The van der Waals surface area contributed by atoms with E-state index in [0.717, 1.165) is 6.42 Å². The second kappa shape index (κ2) is 8.52. The number of aliphatic hydroxyl groups is 1. The first-order valence-electron chi connectivity index (χ1n) is 7.43. The summed E-state index contributed by atoms with van der Waals surface area (Å²) in [5.74, 6) is 0.661. The molecule has 0 aliphatic rings. The third-order valence-electron chi connectivity index (χ3n) is 2.94. The highest BCUT2D eigenvalue weighted by Gasteiger charge is 2.19. The number of aliphatic hydroxyl groups excluding tert-OH is 1. The van der Waals surface area contributed by atoms with Crippen LogP contribution in [0.1, 0.15) is 34.1 Å². The van der Waals surface area contributed by atoms with Crippen LogP contribution in [0.5, 0.6) is 5.75 Å². The SMILES string of the molecule is CCCOc1ccccc1NC(=O)N(CC(C)O)C(C)C. The van der Waals surface area contributed by atoms with Crippen molar-refractivity contribution in [2.24, 2.45) is 0 Å². The van der Waals surface area contributed by atoms with E-state index in [4.69, 9.17) is 4.74 Å². The van der Waals surface area contributed by atoms with Crippen LogP contribution in [0.25, 0.3) is 0 Å². The molecule has 5 heteroatoms. The quantitative estimate of drug-likeness (QED) is 0.812. The number of nitrogens with zero attached hydrogens (tertiary/aromatic N) is 1. The van der Waals surface area contributed by atoms with Crippen molar-refractivity contribution < 1.29 is 14.6 Å². The Morgan fingerprint density at radius 2 is 2.00 bits per heavy atom. The number of hydrogen-bond acceptors (Lipinski definition) is 3. The lowest BCUT2D eigenvalue weighted by Crippen LogP contribution is -2.43. The normalized spacial score (nSPS) is 12.1. The number of para-hydroxylation sites is 2. The molecule has 21 heavy (non-hydrogen) atoms. The zero-order valence-electron chi connectivity index (χ0n) is 13.3. The minimum atomic E-state index is -0.565. The smallest absolute Gasteiger partial charge is 0.322 e. The number of benzene rings is 1. The van der Waals surface area contributed by atoms with E-state index in [-0.39, 0.29) is 12.1 Å². The lowest BCUT2D eigenvalue weighted by molar-refractivity contribution is 0.125. The molecule has 1 unspecified atom stereocenters. The predicted octanol–water partition coefficient (Wildman–Crippen LogP) is 3.10. The number of nitrogens with one attached hydrogen (secondary N) is 1. The molecular weight excluding hydrogens is 268 g/mol. The Balaban J connectivity index is 2.81. The topological polar surface area (TPSA) is 61.8 Å². The summed E-state index contributed by atoms with van der Waals surface area (Å²) in [6, 6.07) is 7.13. The van der Waals surface area contributed by atoms with E-state index in [1.807, 2.05) is 45.0 Å². The molecule has 5 nitrogen and oxygen atoms in total. The van der Waals surface area contributed by atoms with Crippen LogP contribution in [0.4, 0.5) is 10.5 Å². The van der Waals surface area contributed by atoms with Crippen molar-refractivity contribution in [2.45, 2.75) is 46.3 Å². The summed E-state index contributed by atoms with van der Waals surface area (Å²) in [5.41, 5.74) is 0.646. The van der Waals surface area contributed by atoms with Crippen LogP contribution in [0.2, 0.25) is 0 Å². The number of amides is 2. The Bertz CT molecular complexity index is 447. The van der Waals surface area contributed by atoms with Gasteiger partial charge in [0.05, 0.1) is 18.4 Å². The first kappa shape index (κ1) is 17.3. The zero-order valence-corrected chi connectivity index (χ0v) is 13.3. The maximum atomic E-state index is 12.4. The van der Waals surface area contributed by atoms with Gasteiger partial charge in [0.15, 0.2) is 0 Å². The Morgan fingerprint density at radius 3 is 2.57 bits per heavy atom. The largest absolute Gasteiger partial charge is 0.491 e. The van der Waals surface area contributed by atoms with E-state index in [1.165, 1.54) is 0 Å². The van der Waals surface area contributed by atoms with Gasteiger partial charge in [0, 0.05) is 12.6 Å². The van der Waals surface area contributed by atoms with Gasteiger partial charge in [-0.1, -0.05) is 19.1 Å². The molecule has 1 atom stereocenters. The van der Waals surface area contributed by atoms with Crippen LogP contribution < -0.4 is 10.1 Å². The molecule has 1 rings (SSSR count). The van der Waals surface area contributed by atoms with Crippen molar-refractivity contribution in [2.75, 3.05) is 18.5 Å². The second-order valence-electron chi connectivity index (χ2n) is 5.37. The van der Waals surface area contributed by atoms with E-state index in [2.05, 4.69) is 5.32 Å². The molecule has 0 bridgehead atoms. The van der Waals surface area contributed by atoms with Gasteiger partial charge in [-0.05, 0) is 39.3 Å². The van der Waals surface area contributed by atoms with Crippen molar-refractivity contribution in [3.05, 3.63) is 24.3 Å². The highest BCUT2D eigenvalue weighted by molar-refractivity contribution is 5.91. The van der Waals surface area contributed by atoms with Crippen LogP contribution in [-0.2, 0) is 0 Å². The summed E-state index contributed by atoms with van der Waals surface area (Å²) in [4.78, 5) is 14.0. The zero-order chi connectivity index (χ0) is 15.8. The van der Waals surface area contributed by atoms with E-state index in [9.17, 15) is 9.90 Å². The summed E-state index contributed by atoms with van der Waals surface area (Å²) in [7, 11) is 0. The fourth-order valence-corrected chi connectivity index (χ4v) is 1.91. The van der Waals surface area contributed by atoms with Crippen molar-refractivity contribution in [3.8, 4) is 5.75 Å². The first-order valence-corrected chi connectivity index (χ1v) is 7.43. The molecule has 0 fully saturated rings. The highest BCUT2D eigenvalue weighted by Crippen LogP contribution is 2.24. The van der Waals surface area contributed by atoms with Crippen molar-refractivity contribution in [1.82, 2.24) is 4.90 Å². The van der Waals surface area contributed by atoms with Crippen LogP contribution in [0, 0.1) is 0 Å². The minimum Gasteiger partial charge on any atom is -0.491 e. The fraction of sp³-hybridized carbons (Fsp3) is 0.562. The molecule has 2 amide bonds. The molecular formula is C16H26N2O3. The Hall–Kier alpha value is -1.75. The van der Waals surface area contributed by atoms with Crippen LogP contribution >= 0.6 is 0 Å². The van der Waals surface area contributed by atoms with Crippen molar-refractivity contribution in [1.29, 1.82) is 0 Å². The van der Waals surface area contributed by atoms with E-state index in [0.29, 0.717) is 24.6 Å². The average Bonchev–Trinajstić information content (AvgIpc) is 2.43. The van der Waals surface area contributed by atoms with E-state index < -0.39 is 6.10 Å². The summed E-state index contributed by atoms with van der Waals surface area (Å²) >= 11 is 0. The van der Waals surface area contributed by atoms with Crippen LogP contribution in [0.15, 0.2) is 24.3 Å². The molecule has 1 aromatic carbocycles. The van der Waals surface area contributed by atoms with Crippen LogP contribution in [-0.4, -0.2) is 41.3 Å². The average molecular weight is 294 g/mol. The van der Waals surface area contributed by atoms with Gasteiger partial charge in [-0.3, -0.25) is 0 Å². The van der Waals surface area contributed by atoms with Crippen molar-refractivity contribution in [3.63, 3.8) is 0 Å².